The van der Waals surface area contributed by atoms with Crippen molar-refractivity contribution < 1.29 is 4.74 Å². The number of nitrogens with zero attached hydrogens (tertiary/aromatic N) is 2. The van der Waals surface area contributed by atoms with Crippen LogP contribution in [0.4, 0.5) is 0 Å². The molecule has 1 aromatic carbocycles. The molecule has 0 bridgehead atoms. The van der Waals surface area contributed by atoms with Gasteiger partial charge in [-0.15, -0.1) is 11.8 Å². The molecule has 3 nitrogen and oxygen atoms in total. The zero-order valence-corrected chi connectivity index (χ0v) is 14.3. The second-order valence-corrected chi connectivity index (χ2v) is 6.85. The van der Waals surface area contributed by atoms with Crippen LogP contribution < -0.4 is 0 Å². The second kappa shape index (κ2) is 5.79. The summed E-state index contributed by atoms with van der Waals surface area (Å²) < 4.78 is 8.91. The molecule has 0 aliphatic carbocycles. The van der Waals surface area contributed by atoms with Gasteiger partial charge in [0.15, 0.2) is 6.23 Å². The van der Waals surface area contributed by atoms with Crippen molar-refractivity contribution in [2.24, 2.45) is 0 Å². The molecule has 102 valence electrons. The van der Waals surface area contributed by atoms with Crippen molar-refractivity contribution in [3.05, 3.63) is 20.9 Å². The van der Waals surface area contributed by atoms with Crippen LogP contribution >= 0.6 is 46.0 Å². The normalized spacial score (nSPS) is 20.1. The third-order valence-electron chi connectivity index (χ3n) is 3.40. The fourth-order valence-electron chi connectivity index (χ4n) is 2.39. The Kier molecular flexibility index (Phi) is 4.26. The lowest BCUT2D eigenvalue weighted by molar-refractivity contribution is -0.0366. The van der Waals surface area contributed by atoms with Crippen molar-refractivity contribution in [3.8, 4) is 0 Å². The van der Waals surface area contributed by atoms with Crippen LogP contribution in [0.2, 0.25) is 5.02 Å². The first-order valence-corrected chi connectivity index (χ1v) is 8.91. The van der Waals surface area contributed by atoms with Crippen LogP contribution in [-0.2, 0) is 4.74 Å². The average molecular weight is 409 g/mol. The standard InChI is InChI=1S/C13H14ClIN2OS/c1-19-10-6-9-8(12(14)13(10)15)7-16-17(9)11-4-2-3-5-18-11/h6-7,11H,2-5H2,1H3. The fraction of sp³-hybridized carbons (Fsp3) is 0.462. The van der Waals surface area contributed by atoms with E-state index in [1.165, 1.54) is 11.3 Å². The highest BCUT2D eigenvalue weighted by atomic mass is 127. The molecule has 2 aromatic rings. The molecule has 0 N–H and O–H groups in total. The van der Waals surface area contributed by atoms with Gasteiger partial charge in [0.1, 0.15) is 0 Å². The van der Waals surface area contributed by atoms with Crippen molar-refractivity contribution in [2.45, 2.75) is 30.4 Å². The minimum atomic E-state index is 0.0529. The first-order valence-electron chi connectivity index (χ1n) is 6.23. The third kappa shape index (κ3) is 2.50. The highest BCUT2D eigenvalue weighted by Gasteiger charge is 2.21. The Morgan fingerprint density at radius 3 is 3.05 bits per heavy atom. The molecule has 0 radical (unpaired) electrons. The van der Waals surface area contributed by atoms with Gasteiger partial charge < -0.3 is 4.74 Å². The van der Waals surface area contributed by atoms with E-state index >= 15 is 0 Å². The first kappa shape index (κ1) is 14.0. The summed E-state index contributed by atoms with van der Waals surface area (Å²) in [4.78, 5) is 1.19. The van der Waals surface area contributed by atoms with Gasteiger partial charge >= 0.3 is 0 Å². The van der Waals surface area contributed by atoms with E-state index in [0.717, 1.165) is 38.9 Å². The van der Waals surface area contributed by atoms with Gasteiger partial charge in [0.05, 0.1) is 16.7 Å². The molecule has 1 saturated heterocycles. The van der Waals surface area contributed by atoms with E-state index in [4.69, 9.17) is 16.3 Å². The Morgan fingerprint density at radius 1 is 1.53 bits per heavy atom. The molecule has 1 aliphatic rings. The summed E-state index contributed by atoms with van der Waals surface area (Å²) in [5.41, 5.74) is 1.07. The molecule has 1 atom stereocenters. The maximum Gasteiger partial charge on any atom is 0.150 e. The number of thioether (sulfide) groups is 1. The summed E-state index contributed by atoms with van der Waals surface area (Å²) in [5.74, 6) is 0. The quantitative estimate of drug-likeness (QED) is 0.532. The second-order valence-electron chi connectivity index (χ2n) is 4.55. The Labute approximate surface area is 135 Å². The molecule has 2 heterocycles. The summed E-state index contributed by atoms with van der Waals surface area (Å²) in [6, 6.07) is 2.17. The average Bonchev–Trinajstić information content (AvgIpc) is 2.87. The molecule has 1 aromatic heterocycles. The van der Waals surface area contributed by atoms with Gasteiger partial charge in [-0.2, -0.15) is 5.10 Å². The topological polar surface area (TPSA) is 27.1 Å². The van der Waals surface area contributed by atoms with Crippen LogP contribution in [-0.4, -0.2) is 22.6 Å². The molecule has 3 rings (SSSR count). The predicted molar refractivity (Wildman–Crippen MR) is 88.1 cm³/mol. The van der Waals surface area contributed by atoms with E-state index in [-0.39, 0.29) is 6.23 Å². The van der Waals surface area contributed by atoms with E-state index in [1.54, 1.807) is 11.8 Å². The van der Waals surface area contributed by atoms with Crippen LogP contribution in [0, 0.1) is 3.57 Å². The molecule has 6 heteroatoms. The van der Waals surface area contributed by atoms with Crippen LogP contribution in [0.3, 0.4) is 0 Å². The number of halogens is 2. The maximum atomic E-state index is 6.45. The molecule has 0 saturated carbocycles. The Morgan fingerprint density at radius 2 is 2.37 bits per heavy atom. The summed E-state index contributed by atoms with van der Waals surface area (Å²) in [6.07, 6.45) is 7.33. The van der Waals surface area contributed by atoms with Crippen LogP contribution in [0.25, 0.3) is 10.9 Å². The number of benzene rings is 1. The van der Waals surface area contributed by atoms with Gasteiger partial charge in [-0.25, -0.2) is 4.68 Å². The van der Waals surface area contributed by atoms with Gasteiger partial charge in [0.2, 0.25) is 0 Å². The van der Waals surface area contributed by atoms with Gasteiger partial charge in [-0.05, 0) is 54.2 Å². The highest BCUT2D eigenvalue weighted by molar-refractivity contribution is 14.1. The largest absolute Gasteiger partial charge is 0.356 e. The van der Waals surface area contributed by atoms with Crippen LogP contribution in [0.1, 0.15) is 25.5 Å². The lowest BCUT2D eigenvalue weighted by Gasteiger charge is -2.23. The zero-order valence-electron chi connectivity index (χ0n) is 10.5. The van der Waals surface area contributed by atoms with Gasteiger partial charge in [0.25, 0.3) is 0 Å². The Bertz CT molecular complexity index is 610. The van der Waals surface area contributed by atoms with E-state index in [1.807, 2.05) is 10.9 Å². The van der Waals surface area contributed by atoms with E-state index in [0.29, 0.717) is 0 Å². The van der Waals surface area contributed by atoms with E-state index in [9.17, 15) is 0 Å². The number of ether oxygens (including phenoxy) is 1. The summed E-state index contributed by atoms with van der Waals surface area (Å²) in [6.45, 7) is 0.819. The number of hydrogen-bond acceptors (Lipinski definition) is 3. The Hall–Kier alpha value is 0.0200. The maximum absolute atomic E-state index is 6.45. The third-order valence-corrected chi connectivity index (χ3v) is 6.36. The molecule has 1 fully saturated rings. The smallest absolute Gasteiger partial charge is 0.150 e. The highest BCUT2D eigenvalue weighted by Crippen LogP contribution is 2.37. The van der Waals surface area contributed by atoms with E-state index in [2.05, 4.69) is 40.0 Å². The van der Waals surface area contributed by atoms with Crippen molar-refractivity contribution in [1.82, 2.24) is 9.78 Å². The molecule has 0 amide bonds. The first-order chi connectivity index (χ1) is 9.22. The summed E-state index contributed by atoms with van der Waals surface area (Å²) in [7, 11) is 0. The summed E-state index contributed by atoms with van der Waals surface area (Å²) in [5, 5.41) is 6.30. The number of hydrogen-bond donors (Lipinski definition) is 0. The molecule has 0 spiro atoms. The Balaban J connectivity index is 2.13. The van der Waals surface area contributed by atoms with Gasteiger partial charge in [-0.3, -0.25) is 0 Å². The van der Waals surface area contributed by atoms with Crippen molar-refractivity contribution in [3.63, 3.8) is 0 Å². The lowest BCUT2D eigenvalue weighted by atomic mass is 10.2. The number of rotatable bonds is 2. The zero-order chi connectivity index (χ0) is 13.4. The van der Waals surface area contributed by atoms with Gasteiger partial charge in [0, 0.05) is 20.5 Å². The number of aromatic nitrogens is 2. The monoisotopic (exact) mass is 408 g/mol. The van der Waals surface area contributed by atoms with Crippen molar-refractivity contribution >= 4 is 56.9 Å². The minimum Gasteiger partial charge on any atom is -0.356 e. The summed E-state index contributed by atoms with van der Waals surface area (Å²) >= 11 is 10.5. The van der Waals surface area contributed by atoms with Crippen LogP contribution in [0.5, 0.6) is 0 Å². The SMILES string of the molecule is CSc1cc2c(cnn2C2CCCCO2)c(Cl)c1I. The number of fused-ring (bicyclic) bond motifs is 1. The van der Waals surface area contributed by atoms with Crippen LogP contribution in [0.15, 0.2) is 17.2 Å². The van der Waals surface area contributed by atoms with E-state index < -0.39 is 0 Å². The molecular formula is C13H14ClIN2OS. The molecule has 1 unspecified atom stereocenters. The molecular weight excluding hydrogens is 395 g/mol. The molecule has 19 heavy (non-hydrogen) atoms. The van der Waals surface area contributed by atoms with Crippen molar-refractivity contribution in [2.75, 3.05) is 12.9 Å². The van der Waals surface area contributed by atoms with Crippen molar-refractivity contribution in [1.29, 1.82) is 0 Å². The minimum absolute atomic E-state index is 0.0529. The van der Waals surface area contributed by atoms with Gasteiger partial charge in [-0.1, -0.05) is 11.6 Å². The lowest BCUT2D eigenvalue weighted by Crippen LogP contribution is -2.18. The predicted octanol–water partition coefficient (Wildman–Crippen LogP) is 4.72. The molecule has 1 aliphatic heterocycles. The fourth-order valence-corrected chi connectivity index (χ4v) is 4.31.